The van der Waals surface area contributed by atoms with Gasteiger partial charge in [-0.1, -0.05) is 36.4 Å². The molecule has 3 radical (unpaired) electrons. The number of aryl methyl sites for hydroxylation is 2. The van der Waals surface area contributed by atoms with E-state index in [2.05, 4.69) is 28.2 Å². The number of para-hydroxylation sites is 2. The molecule has 2 aromatic carbocycles. The maximum atomic E-state index is 11.2. The molecule has 2 atom stereocenters. The summed E-state index contributed by atoms with van der Waals surface area (Å²) in [6.45, 7) is 12.1. The molecule has 39 heavy (non-hydrogen) atoms. The third-order valence-electron chi connectivity index (χ3n) is 5.88. The zero-order valence-electron chi connectivity index (χ0n) is 23.9. The molecule has 0 saturated heterocycles. The van der Waals surface area contributed by atoms with E-state index >= 15 is 0 Å². The number of fused-ring (bicyclic) bond motifs is 2. The number of hydrogen-bond donors (Lipinski definition) is 2. The zero-order valence-corrected chi connectivity index (χ0v) is 25.9. The molecule has 4 aromatic rings. The Morgan fingerprint density at radius 2 is 1.36 bits per heavy atom. The fourth-order valence-electron chi connectivity index (χ4n) is 3.44. The van der Waals surface area contributed by atoms with Crippen molar-refractivity contribution < 1.29 is 43.9 Å². The van der Waals surface area contributed by atoms with Crippen LogP contribution in [0.25, 0.3) is 21.8 Å². The summed E-state index contributed by atoms with van der Waals surface area (Å²) >= 11 is 0. The monoisotopic (exact) mass is 536 g/mol. The van der Waals surface area contributed by atoms with Crippen molar-refractivity contribution in [2.75, 3.05) is 0 Å². The van der Waals surface area contributed by atoms with Crippen LogP contribution in [0.15, 0.2) is 60.9 Å². The molecule has 0 amide bonds. The zero-order chi connectivity index (χ0) is 28.1. The summed E-state index contributed by atoms with van der Waals surface area (Å²) in [7, 11) is 3.98. The number of nitrogens with one attached hydrogen (secondary N) is 1. The predicted octanol–water partition coefficient (Wildman–Crippen LogP) is 0.878. The fraction of sp³-hybridized carbons (Fsp3) is 0.310. The van der Waals surface area contributed by atoms with Gasteiger partial charge in [0.05, 0.1) is 12.1 Å². The van der Waals surface area contributed by atoms with Crippen molar-refractivity contribution in [3.05, 3.63) is 78.6 Å². The smallest absolute Gasteiger partial charge is 0.512 e. The first-order valence-electron chi connectivity index (χ1n) is 11.8. The SMILES string of the molecule is CC(=O)[C@H](C)N.CC(=O)[C@H](C)NCc1cn(C)c2ccccc12.Cn1cc(C=O)c2ccccc21.[B].[C-]#N.[Na+]. The molecule has 0 aliphatic carbocycles. The van der Waals surface area contributed by atoms with E-state index in [0.717, 1.165) is 29.3 Å². The van der Waals surface area contributed by atoms with Gasteiger partial charge in [0.1, 0.15) is 11.6 Å². The minimum absolute atomic E-state index is 0. The van der Waals surface area contributed by atoms with Crippen LogP contribution in [0.5, 0.6) is 0 Å². The van der Waals surface area contributed by atoms with Crippen LogP contribution < -0.4 is 40.6 Å². The third-order valence-corrected chi connectivity index (χ3v) is 5.88. The van der Waals surface area contributed by atoms with Gasteiger partial charge in [0.2, 0.25) is 0 Å². The van der Waals surface area contributed by atoms with Crippen LogP contribution >= 0.6 is 0 Å². The second-order valence-electron chi connectivity index (χ2n) is 8.73. The van der Waals surface area contributed by atoms with Gasteiger partial charge in [-0.25, -0.2) is 0 Å². The fourth-order valence-corrected chi connectivity index (χ4v) is 3.44. The van der Waals surface area contributed by atoms with Crippen LogP contribution in [0.3, 0.4) is 0 Å². The molecule has 2 heterocycles. The first-order valence-corrected chi connectivity index (χ1v) is 11.8. The normalized spacial score (nSPS) is 11.0. The van der Waals surface area contributed by atoms with Crippen molar-refractivity contribution in [2.45, 2.75) is 46.3 Å². The van der Waals surface area contributed by atoms with Gasteiger partial charge in [-0.3, -0.25) is 14.4 Å². The van der Waals surface area contributed by atoms with Crippen LogP contribution in [0.4, 0.5) is 0 Å². The van der Waals surface area contributed by atoms with Gasteiger partial charge in [0, 0.05) is 68.8 Å². The van der Waals surface area contributed by atoms with Crippen LogP contribution in [0.2, 0.25) is 0 Å². The molecule has 0 bridgehead atoms. The largest absolute Gasteiger partial charge is 1.00 e. The molecule has 3 N–H and O–H groups in total. The van der Waals surface area contributed by atoms with Gasteiger partial charge in [-0.05, 0) is 45.4 Å². The summed E-state index contributed by atoms with van der Waals surface area (Å²) < 4.78 is 4.07. The molecule has 0 unspecified atom stereocenters. The quantitative estimate of drug-likeness (QED) is 0.214. The first kappa shape index (κ1) is 38.2. The van der Waals surface area contributed by atoms with Crippen molar-refractivity contribution in [3.63, 3.8) is 0 Å². The van der Waals surface area contributed by atoms with Crippen LogP contribution in [0, 0.1) is 11.8 Å². The number of rotatable bonds is 6. The number of nitrogens with two attached hydrogens (primary N) is 1. The van der Waals surface area contributed by atoms with E-state index in [9.17, 15) is 14.4 Å². The summed E-state index contributed by atoms with van der Waals surface area (Å²) in [5, 5.41) is 11.8. The molecule has 0 spiro atoms. The summed E-state index contributed by atoms with van der Waals surface area (Å²) in [5.41, 5.74) is 9.39. The molecular weight excluding hydrogens is 500 g/mol. The summed E-state index contributed by atoms with van der Waals surface area (Å²) in [5.74, 6) is 0.209. The van der Waals surface area contributed by atoms with Gasteiger partial charge in [-0.2, -0.15) is 0 Å². The Kier molecular flexibility index (Phi) is 18.7. The number of aromatic nitrogens is 2. The van der Waals surface area contributed by atoms with E-state index < -0.39 is 0 Å². The Morgan fingerprint density at radius 3 is 1.82 bits per heavy atom. The molecule has 8 nitrogen and oxygen atoms in total. The minimum Gasteiger partial charge on any atom is -0.512 e. The number of aldehydes is 1. The number of carbonyl (C=O) groups is 3. The standard InChI is InChI=1S/C14H18N2O.C10H9NO.C4H9NO.CN.B.Na/c1-10(11(2)17)15-8-12-9-16(3)14-7-5-4-6-13(12)14;1-11-6-8(7-12)9-4-2-3-5-10(9)11;1-3(5)4(2)6;1-2;;/h4-7,9-10,15H,8H2,1-3H3;2-7H,1H3;3H,5H2,1-2H3;;;/q;;;-1;;+1/t10-;;3-;;;/m0.0.../s1. The number of carbonyl (C=O) groups excluding carboxylic acids is 3. The Labute approximate surface area is 255 Å². The maximum absolute atomic E-state index is 11.2. The number of benzene rings is 2. The average Bonchev–Trinajstić information content (AvgIpc) is 3.40. The molecular formula is C29H36BN5NaO3. The van der Waals surface area contributed by atoms with Gasteiger partial charge < -0.3 is 32.0 Å². The van der Waals surface area contributed by atoms with Crippen LogP contribution in [0.1, 0.15) is 43.6 Å². The molecule has 199 valence electrons. The van der Waals surface area contributed by atoms with Gasteiger partial charge in [-0.15, -0.1) is 0 Å². The Balaban J connectivity index is 0. The number of nitrogens with zero attached hydrogens (tertiary/aromatic N) is 3. The second-order valence-corrected chi connectivity index (χ2v) is 8.73. The molecule has 0 aliphatic rings. The maximum Gasteiger partial charge on any atom is 1.00 e. The van der Waals surface area contributed by atoms with Crippen molar-refractivity contribution in [1.82, 2.24) is 14.5 Å². The molecule has 4 rings (SSSR count). The Bertz CT molecular complexity index is 1360. The summed E-state index contributed by atoms with van der Waals surface area (Å²) in [4.78, 5) is 31.8. The van der Waals surface area contributed by atoms with Crippen molar-refractivity contribution in [2.24, 2.45) is 19.8 Å². The van der Waals surface area contributed by atoms with E-state index in [0.29, 0.717) is 0 Å². The molecule has 0 saturated carbocycles. The van der Waals surface area contributed by atoms with E-state index in [-0.39, 0.29) is 61.6 Å². The predicted molar refractivity (Wildman–Crippen MR) is 153 cm³/mol. The average molecular weight is 536 g/mol. The van der Waals surface area contributed by atoms with Gasteiger partial charge in [0.15, 0.2) is 6.29 Å². The van der Waals surface area contributed by atoms with E-state index in [1.807, 2.05) is 68.2 Å². The third kappa shape index (κ3) is 11.3. The minimum atomic E-state index is -0.287. The van der Waals surface area contributed by atoms with E-state index in [1.165, 1.54) is 23.4 Å². The molecule has 0 fully saturated rings. The second kappa shape index (κ2) is 19.1. The molecule has 2 aromatic heterocycles. The van der Waals surface area contributed by atoms with Crippen molar-refractivity contribution >= 4 is 48.1 Å². The summed E-state index contributed by atoms with van der Waals surface area (Å²) in [6, 6.07) is 15.8. The number of Topliss-reactive ketones (excluding diaryl/α,β-unsaturated/α-hetero) is 2. The number of ketones is 2. The van der Waals surface area contributed by atoms with Crippen LogP contribution in [-0.2, 0) is 30.2 Å². The first-order chi connectivity index (χ1) is 17.6. The van der Waals surface area contributed by atoms with E-state index in [4.69, 9.17) is 17.6 Å². The van der Waals surface area contributed by atoms with Crippen LogP contribution in [-0.4, -0.2) is 47.5 Å². The molecule has 10 heteroatoms. The van der Waals surface area contributed by atoms with Crippen molar-refractivity contribution in [3.8, 4) is 0 Å². The Morgan fingerprint density at radius 1 is 0.923 bits per heavy atom. The molecule has 0 aliphatic heterocycles. The van der Waals surface area contributed by atoms with Gasteiger partial charge >= 0.3 is 29.6 Å². The van der Waals surface area contributed by atoms with E-state index in [1.54, 1.807) is 13.8 Å². The Hall–Kier alpha value is -3.00. The summed E-state index contributed by atoms with van der Waals surface area (Å²) in [6.07, 6.45) is 4.85. The number of hydrogen-bond acceptors (Lipinski definition) is 6. The topological polar surface area (TPSA) is 123 Å². The van der Waals surface area contributed by atoms with Crippen molar-refractivity contribution in [1.29, 1.82) is 5.26 Å². The van der Waals surface area contributed by atoms with Gasteiger partial charge in [0.25, 0.3) is 0 Å².